The van der Waals surface area contributed by atoms with Gasteiger partial charge in [0, 0.05) is 38.9 Å². The molecule has 0 aliphatic heterocycles. The number of aryl methyl sites for hydroxylation is 1. The number of H-pyrrole nitrogens is 1. The van der Waals surface area contributed by atoms with E-state index >= 15 is 0 Å². The van der Waals surface area contributed by atoms with Crippen LogP contribution in [0.2, 0.25) is 0 Å². The van der Waals surface area contributed by atoms with E-state index in [9.17, 15) is 18.8 Å². The minimum Gasteiger partial charge on any atom is -0.331 e. The molecule has 0 aliphatic carbocycles. The maximum Gasteiger partial charge on any atom is 0.333 e. The molecule has 0 saturated carbocycles. The van der Waals surface area contributed by atoms with Gasteiger partial charge in [0.15, 0.2) is 11.5 Å². The van der Waals surface area contributed by atoms with Crippen molar-refractivity contribution in [3.05, 3.63) is 94.7 Å². The van der Waals surface area contributed by atoms with Crippen LogP contribution in [0.15, 0.2) is 71.9 Å². The van der Waals surface area contributed by atoms with Gasteiger partial charge in [-0.05, 0) is 12.1 Å². The Bertz CT molecular complexity index is 1610. The van der Waals surface area contributed by atoms with Crippen molar-refractivity contribution < 1.29 is 9.18 Å². The number of allylic oxidation sites excluding steroid dienone is 2. The number of aromatic amines is 1. The van der Waals surface area contributed by atoms with Crippen molar-refractivity contribution in [1.29, 1.82) is 0 Å². The molecule has 0 unspecified atom stereocenters. The van der Waals surface area contributed by atoms with E-state index in [0.29, 0.717) is 11.5 Å². The summed E-state index contributed by atoms with van der Waals surface area (Å²) in [6, 6.07) is 4.04. The molecule has 0 bridgehead atoms. The molecule has 4 aromatic rings. The van der Waals surface area contributed by atoms with E-state index in [4.69, 9.17) is 0 Å². The first-order chi connectivity index (χ1) is 17.3. The Kier molecular flexibility index (Phi) is 6.59. The second kappa shape index (κ2) is 9.78. The third-order valence-electron chi connectivity index (χ3n) is 5.39. The summed E-state index contributed by atoms with van der Waals surface area (Å²) in [4.78, 5) is 51.3. The van der Waals surface area contributed by atoms with Crippen LogP contribution in [0.5, 0.6) is 0 Å². The highest BCUT2D eigenvalue weighted by molar-refractivity contribution is 6.05. The molecular formula is C24H23FN8O3. The number of amides is 1. The molecule has 0 aromatic carbocycles. The Hall–Kier alpha value is -4.87. The summed E-state index contributed by atoms with van der Waals surface area (Å²) in [6.07, 6.45) is 5.67. The van der Waals surface area contributed by atoms with Crippen LogP contribution in [-0.4, -0.2) is 46.3 Å². The fraction of sp³-hybridized carbons (Fsp3) is 0.167. The van der Waals surface area contributed by atoms with E-state index in [1.54, 1.807) is 19.2 Å². The minimum atomic E-state index is -0.698. The number of halogens is 1. The summed E-state index contributed by atoms with van der Waals surface area (Å²) in [5, 5.41) is 4.44. The minimum absolute atomic E-state index is 0.0315. The number of carbonyl (C=O) groups excluding carboxylic acids is 1. The molecule has 1 amide bonds. The van der Waals surface area contributed by atoms with Gasteiger partial charge in [-0.3, -0.25) is 28.3 Å². The van der Waals surface area contributed by atoms with E-state index in [2.05, 4.69) is 39.8 Å². The predicted octanol–water partition coefficient (Wildman–Crippen LogP) is 2.03. The van der Waals surface area contributed by atoms with Gasteiger partial charge in [-0.2, -0.15) is 9.49 Å². The number of pyridine rings is 1. The third-order valence-corrected chi connectivity index (χ3v) is 5.39. The quantitative estimate of drug-likeness (QED) is 0.283. The van der Waals surface area contributed by atoms with Crippen LogP contribution in [0.4, 0.5) is 10.2 Å². The molecule has 184 valence electrons. The van der Waals surface area contributed by atoms with Crippen LogP contribution in [0.1, 0.15) is 10.4 Å². The van der Waals surface area contributed by atoms with Gasteiger partial charge in [-0.25, -0.2) is 14.8 Å². The van der Waals surface area contributed by atoms with Gasteiger partial charge in [-0.1, -0.05) is 18.2 Å². The molecular weight excluding hydrogens is 467 g/mol. The molecule has 1 N–H and O–H groups in total. The fourth-order valence-electron chi connectivity index (χ4n) is 3.77. The zero-order chi connectivity index (χ0) is 26.0. The zero-order valence-electron chi connectivity index (χ0n) is 19.5. The molecule has 4 heterocycles. The van der Waals surface area contributed by atoms with Crippen LogP contribution in [0.25, 0.3) is 22.7 Å². The molecule has 0 saturated heterocycles. The number of nitrogens with zero attached hydrogens (tertiary/aromatic N) is 7. The summed E-state index contributed by atoms with van der Waals surface area (Å²) in [7, 11) is 1.64. The van der Waals surface area contributed by atoms with Crippen LogP contribution < -0.4 is 16.1 Å². The molecule has 36 heavy (non-hydrogen) atoms. The van der Waals surface area contributed by atoms with Crippen molar-refractivity contribution in [2.45, 2.75) is 13.1 Å². The number of rotatable bonds is 9. The van der Waals surface area contributed by atoms with Crippen LogP contribution in [0, 0.1) is 5.95 Å². The second-order valence-electron chi connectivity index (χ2n) is 7.76. The summed E-state index contributed by atoms with van der Waals surface area (Å²) >= 11 is 0. The Labute approximate surface area is 204 Å². The summed E-state index contributed by atoms with van der Waals surface area (Å²) < 4.78 is 17.1. The Morgan fingerprint density at radius 1 is 1.14 bits per heavy atom. The zero-order valence-corrected chi connectivity index (χ0v) is 19.5. The van der Waals surface area contributed by atoms with Gasteiger partial charge in [-0.15, -0.1) is 19.7 Å². The number of hydrogen-bond donors (Lipinski definition) is 1. The lowest BCUT2D eigenvalue weighted by Gasteiger charge is -2.20. The van der Waals surface area contributed by atoms with Gasteiger partial charge >= 0.3 is 5.69 Å². The molecule has 12 heteroatoms. The number of imidazole rings is 1. The lowest BCUT2D eigenvalue weighted by Crippen LogP contribution is -2.39. The number of anilines is 1. The van der Waals surface area contributed by atoms with Gasteiger partial charge in [0.2, 0.25) is 5.95 Å². The van der Waals surface area contributed by atoms with Gasteiger partial charge in [0.1, 0.15) is 17.0 Å². The molecule has 0 fully saturated rings. The third kappa shape index (κ3) is 4.19. The fourth-order valence-corrected chi connectivity index (χ4v) is 3.77. The normalized spacial score (nSPS) is 10.9. The van der Waals surface area contributed by atoms with Crippen molar-refractivity contribution in [1.82, 2.24) is 33.9 Å². The van der Waals surface area contributed by atoms with Crippen molar-refractivity contribution in [2.24, 2.45) is 7.05 Å². The Balaban J connectivity index is 1.83. The Morgan fingerprint density at radius 2 is 1.86 bits per heavy atom. The summed E-state index contributed by atoms with van der Waals surface area (Å²) in [5.41, 5.74) is -0.295. The maximum absolute atomic E-state index is 13.2. The molecule has 4 rings (SSSR count). The van der Waals surface area contributed by atoms with Crippen molar-refractivity contribution in [3.63, 3.8) is 0 Å². The summed E-state index contributed by atoms with van der Waals surface area (Å²) in [5.74, 6) is -0.510. The first-order valence-corrected chi connectivity index (χ1v) is 10.8. The predicted molar refractivity (Wildman–Crippen MR) is 133 cm³/mol. The van der Waals surface area contributed by atoms with Crippen molar-refractivity contribution in [3.8, 4) is 11.5 Å². The lowest BCUT2D eigenvalue weighted by atomic mass is 10.2. The highest BCUT2D eigenvalue weighted by Crippen LogP contribution is 2.24. The molecule has 0 aliphatic rings. The topological polar surface area (TPSA) is 124 Å². The SMILES string of the molecule is C=CCN(C(=O)c1ccc(F)nc1)c1cc(-c2nc3c([nH]2)c(=O)n(CC=C)c(=O)n3CC=C)nn1C. The average Bonchev–Trinajstić information content (AvgIpc) is 3.47. The van der Waals surface area contributed by atoms with E-state index in [-0.39, 0.29) is 42.2 Å². The van der Waals surface area contributed by atoms with Gasteiger partial charge in [0.05, 0.1) is 5.56 Å². The van der Waals surface area contributed by atoms with Crippen molar-refractivity contribution >= 4 is 22.9 Å². The highest BCUT2D eigenvalue weighted by Gasteiger charge is 2.23. The molecule has 0 atom stereocenters. The highest BCUT2D eigenvalue weighted by atomic mass is 19.1. The van der Waals surface area contributed by atoms with Gasteiger partial charge in [0.25, 0.3) is 11.5 Å². The van der Waals surface area contributed by atoms with Gasteiger partial charge < -0.3 is 4.98 Å². The van der Waals surface area contributed by atoms with Crippen LogP contribution in [-0.2, 0) is 20.1 Å². The number of carbonyl (C=O) groups is 1. The second-order valence-corrected chi connectivity index (χ2v) is 7.76. The number of aromatic nitrogens is 7. The van der Waals surface area contributed by atoms with Crippen LogP contribution in [0.3, 0.4) is 0 Å². The smallest absolute Gasteiger partial charge is 0.331 e. The first-order valence-electron chi connectivity index (χ1n) is 10.8. The molecule has 4 aromatic heterocycles. The van der Waals surface area contributed by atoms with Crippen molar-refractivity contribution in [2.75, 3.05) is 11.4 Å². The number of nitrogens with one attached hydrogen (secondary N) is 1. The lowest BCUT2D eigenvalue weighted by molar-refractivity contribution is 0.0987. The monoisotopic (exact) mass is 490 g/mol. The molecule has 0 spiro atoms. The summed E-state index contributed by atoms with van der Waals surface area (Å²) in [6.45, 7) is 11.3. The van der Waals surface area contributed by atoms with E-state index in [1.165, 1.54) is 32.4 Å². The number of fused-ring (bicyclic) bond motifs is 1. The standard InChI is InChI=1S/C24H23FN8O3/c1-5-10-31(22(34)15-8-9-17(25)26-14-15)18-13-16(29-30(18)4)20-27-19-21(28-20)32(11-6-2)24(36)33(12-7-3)23(19)35/h5-9,13-14H,1-3,10-12H2,4H3,(H,27,28). The maximum atomic E-state index is 13.2. The molecule has 11 nitrogen and oxygen atoms in total. The molecule has 0 radical (unpaired) electrons. The first kappa shape index (κ1) is 24.3. The Morgan fingerprint density at radius 3 is 2.50 bits per heavy atom. The average molecular weight is 490 g/mol. The largest absolute Gasteiger partial charge is 0.333 e. The van der Waals surface area contributed by atoms with E-state index < -0.39 is 23.1 Å². The van der Waals surface area contributed by atoms with Crippen LogP contribution >= 0.6 is 0 Å². The number of hydrogen-bond acceptors (Lipinski definition) is 6. The van der Waals surface area contributed by atoms with E-state index in [0.717, 1.165) is 16.8 Å². The van der Waals surface area contributed by atoms with E-state index in [1.807, 2.05) is 0 Å².